The van der Waals surface area contributed by atoms with Gasteiger partial charge in [-0.3, -0.25) is 4.79 Å². The van der Waals surface area contributed by atoms with Crippen molar-refractivity contribution in [3.63, 3.8) is 0 Å². The zero-order chi connectivity index (χ0) is 19.1. The van der Waals surface area contributed by atoms with Gasteiger partial charge in [0, 0.05) is 11.3 Å². The second-order valence-corrected chi connectivity index (χ2v) is 7.08. The summed E-state index contributed by atoms with van der Waals surface area (Å²) in [6, 6.07) is 11.4. The van der Waals surface area contributed by atoms with Crippen LogP contribution in [0.2, 0.25) is 0 Å². The molecule has 0 aliphatic rings. The normalized spacial score (nSPS) is 11.7. The van der Waals surface area contributed by atoms with Crippen LogP contribution in [0.15, 0.2) is 40.9 Å². The Morgan fingerprint density at radius 2 is 1.88 bits per heavy atom. The highest BCUT2D eigenvalue weighted by molar-refractivity contribution is 9.10. The van der Waals surface area contributed by atoms with Crippen molar-refractivity contribution in [2.75, 3.05) is 19.0 Å². The number of hydrogen-bond donors (Lipinski definition) is 1. The number of nitrogens with one attached hydrogen (secondary N) is 1. The molecule has 0 unspecified atom stereocenters. The third kappa shape index (κ3) is 5.01. The molecule has 2 rings (SSSR count). The van der Waals surface area contributed by atoms with E-state index in [0.29, 0.717) is 34.1 Å². The number of halogens is 1. The first-order chi connectivity index (χ1) is 12.5. The van der Waals surface area contributed by atoms with Crippen LogP contribution in [0.3, 0.4) is 0 Å². The van der Waals surface area contributed by atoms with Gasteiger partial charge in [0.05, 0.1) is 18.2 Å². The second kappa shape index (κ2) is 9.62. The highest BCUT2D eigenvalue weighted by Gasteiger charge is 2.16. The minimum absolute atomic E-state index is 0.192. The maximum Gasteiger partial charge on any atom is 0.255 e. The fourth-order valence-corrected chi connectivity index (χ4v) is 3.09. The third-order valence-electron chi connectivity index (χ3n) is 4.29. The van der Waals surface area contributed by atoms with E-state index in [9.17, 15) is 4.79 Å². The van der Waals surface area contributed by atoms with E-state index in [1.807, 2.05) is 19.1 Å². The van der Waals surface area contributed by atoms with E-state index in [4.69, 9.17) is 9.47 Å². The highest BCUT2D eigenvalue weighted by atomic mass is 79.9. The Hall–Kier alpha value is -2.01. The van der Waals surface area contributed by atoms with Gasteiger partial charge >= 0.3 is 0 Å². The van der Waals surface area contributed by atoms with Gasteiger partial charge in [0.15, 0.2) is 11.5 Å². The Labute approximate surface area is 164 Å². The Morgan fingerprint density at radius 3 is 2.46 bits per heavy atom. The maximum absolute atomic E-state index is 12.6. The van der Waals surface area contributed by atoms with Gasteiger partial charge in [-0.1, -0.05) is 32.9 Å². The summed E-state index contributed by atoms with van der Waals surface area (Å²) in [6.45, 7) is 6.98. The summed E-state index contributed by atoms with van der Waals surface area (Å²) < 4.78 is 11.8. The molecule has 140 valence electrons. The number of ether oxygens (including phenoxy) is 2. The zero-order valence-electron chi connectivity index (χ0n) is 15.8. The first-order valence-electron chi connectivity index (χ1n) is 8.91. The number of carbonyl (C=O) groups excluding carboxylic acids is 1. The molecule has 4 nitrogen and oxygen atoms in total. The van der Waals surface area contributed by atoms with Crippen LogP contribution in [0.25, 0.3) is 0 Å². The quantitative estimate of drug-likeness (QED) is 0.569. The minimum Gasteiger partial charge on any atom is -0.493 e. The lowest BCUT2D eigenvalue weighted by atomic mass is 9.98. The van der Waals surface area contributed by atoms with Gasteiger partial charge in [-0.05, 0) is 64.5 Å². The van der Waals surface area contributed by atoms with E-state index in [0.717, 1.165) is 18.5 Å². The fraction of sp³-hybridized carbons (Fsp3) is 0.381. The van der Waals surface area contributed by atoms with Crippen LogP contribution in [0.1, 0.15) is 55.5 Å². The topological polar surface area (TPSA) is 47.6 Å². The fourth-order valence-electron chi connectivity index (χ4n) is 2.53. The number of anilines is 1. The lowest BCUT2D eigenvalue weighted by Gasteiger charge is -2.14. The predicted molar refractivity (Wildman–Crippen MR) is 110 cm³/mol. The molecule has 0 bridgehead atoms. The van der Waals surface area contributed by atoms with Crippen LogP contribution < -0.4 is 14.8 Å². The summed E-state index contributed by atoms with van der Waals surface area (Å²) in [5, 5.41) is 2.93. The van der Waals surface area contributed by atoms with Crippen molar-refractivity contribution in [2.45, 2.75) is 39.5 Å². The first kappa shape index (κ1) is 20.3. The second-order valence-electron chi connectivity index (χ2n) is 6.22. The molecule has 0 aliphatic heterocycles. The smallest absolute Gasteiger partial charge is 0.255 e. The zero-order valence-corrected chi connectivity index (χ0v) is 17.4. The summed E-state index contributed by atoms with van der Waals surface area (Å²) in [5.41, 5.74) is 2.54. The lowest BCUT2D eigenvalue weighted by molar-refractivity contribution is 0.102. The van der Waals surface area contributed by atoms with E-state index < -0.39 is 0 Å². The molecule has 0 fully saturated rings. The van der Waals surface area contributed by atoms with Gasteiger partial charge in [0.2, 0.25) is 0 Å². The Bertz CT molecular complexity index is 744. The Morgan fingerprint density at radius 1 is 1.19 bits per heavy atom. The van der Waals surface area contributed by atoms with Crippen LogP contribution in [0, 0.1) is 0 Å². The molecular weight excluding hydrogens is 394 g/mol. The van der Waals surface area contributed by atoms with Crippen LogP contribution in [-0.2, 0) is 0 Å². The van der Waals surface area contributed by atoms with Crippen LogP contribution in [0.4, 0.5) is 5.69 Å². The van der Waals surface area contributed by atoms with E-state index in [1.165, 1.54) is 5.56 Å². The molecule has 0 aromatic heterocycles. The molecule has 0 saturated carbocycles. The van der Waals surface area contributed by atoms with Gasteiger partial charge in [-0.2, -0.15) is 0 Å². The molecule has 0 saturated heterocycles. The SMILES string of the molecule is CCCOc1c(Br)cc(C(=O)Nc2ccc([C@H](C)CC)cc2)cc1OC. The van der Waals surface area contributed by atoms with Gasteiger partial charge < -0.3 is 14.8 Å². The number of carbonyl (C=O) groups is 1. The van der Waals surface area contributed by atoms with Crippen molar-refractivity contribution in [1.82, 2.24) is 0 Å². The molecular formula is C21H26BrNO3. The monoisotopic (exact) mass is 419 g/mol. The largest absolute Gasteiger partial charge is 0.493 e. The molecule has 1 N–H and O–H groups in total. The van der Waals surface area contributed by atoms with E-state index in [-0.39, 0.29) is 5.91 Å². The standard InChI is InChI=1S/C21H26BrNO3/c1-5-11-26-20-18(22)12-16(13-19(20)25-4)21(24)23-17-9-7-15(8-10-17)14(3)6-2/h7-10,12-14H,5-6,11H2,1-4H3,(H,23,24)/t14-/m1/s1. The molecule has 0 spiro atoms. The molecule has 0 heterocycles. The van der Waals surface area contributed by atoms with Gasteiger partial charge in [-0.25, -0.2) is 0 Å². The Balaban J connectivity index is 2.17. The van der Waals surface area contributed by atoms with Gasteiger partial charge in [0.1, 0.15) is 0 Å². The number of benzene rings is 2. The van der Waals surface area contributed by atoms with E-state index in [1.54, 1.807) is 19.2 Å². The summed E-state index contributed by atoms with van der Waals surface area (Å²) in [4.78, 5) is 12.6. The molecule has 1 atom stereocenters. The number of methoxy groups -OCH3 is 1. The summed E-state index contributed by atoms with van der Waals surface area (Å²) in [7, 11) is 1.57. The van der Waals surface area contributed by atoms with Crippen molar-refractivity contribution < 1.29 is 14.3 Å². The number of rotatable bonds is 8. The minimum atomic E-state index is -0.192. The Kier molecular flexibility index (Phi) is 7.51. The van der Waals surface area contributed by atoms with Crippen LogP contribution >= 0.6 is 15.9 Å². The highest BCUT2D eigenvalue weighted by Crippen LogP contribution is 2.37. The molecule has 26 heavy (non-hydrogen) atoms. The molecule has 2 aromatic carbocycles. The van der Waals surface area contributed by atoms with Crippen molar-refractivity contribution in [1.29, 1.82) is 0 Å². The summed E-state index contributed by atoms with van der Waals surface area (Å²) in [6.07, 6.45) is 1.98. The molecule has 1 amide bonds. The van der Waals surface area contributed by atoms with Crippen molar-refractivity contribution in [2.24, 2.45) is 0 Å². The predicted octanol–water partition coefficient (Wildman–Crippen LogP) is 6.01. The van der Waals surface area contributed by atoms with E-state index >= 15 is 0 Å². The van der Waals surface area contributed by atoms with Crippen molar-refractivity contribution in [3.05, 3.63) is 52.0 Å². The lowest BCUT2D eigenvalue weighted by Crippen LogP contribution is -2.12. The van der Waals surface area contributed by atoms with E-state index in [2.05, 4.69) is 47.2 Å². The number of amides is 1. The average Bonchev–Trinajstić information content (AvgIpc) is 2.66. The van der Waals surface area contributed by atoms with Crippen molar-refractivity contribution >= 4 is 27.5 Å². The average molecular weight is 420 g/mol. The van der Waals surface area contributed by atoms with Crippen LogP contribution in [-0.4, -0.2) is 19.6 Å². The third-order valence-corrected chi connectivity index (χ3v) is 4.88. The van der Waals surface area contributed by atoms with Crippen LogP contribution in [0.5, 0.6) is 11.5 Å². The molecule has 0 radical (unpaired) electrons. The molecule has 0 aliphatic carbocycles. The van der Waals surface area contributed by atoms with Gasteiger partial charge in [0.25, 0.3) is 5.91 Å². The summed E-state index contributed by atoms with van der Waals surface area (Å²) in [5.74, 6) is 1.46. The maximum atomic E-state index is 12.6. The van der Waals surface area contributed by atoms with Crippen molar-refractivity contribution in [3.8, 4) is 11.5 Å². The van der Waals surface area contributed by atoms with Gasteiger partial charge in [-0.15, -0.1) is 0 Å². The molecule has 5 heteroatoms. The number of hydrogen-bond acceptors (Lipinski definition) is 3. The first-order valence-corrected chi connectivity index (χ1v) is 9.71. The molecule has 2 aromatic rings. The summed E-state index contributed by atoms with van der Waals surface area (Å²) >= 11 is 3.47.